The van der Waals surface area contributed by atoms with Gasteiger partial charge in [-0.3, -0.25) is 14.7 Å². The normalized spacial score (nSPS) is 12.5. The Bertz CT molecular complexity index is 1090. The number of hydrogen-bond donors (Lipinski definition) is 2. The third-order valence-corrected chi connectivity index (χ3v) is 6.17. The second-order valence-corrected chi connectivity index (χ2v) is 8.84. The molecule has 3 rings (SSSR count). The van der Waals surface area contributed by atoms with Crippen LogP contribution in [0.4, 0.5) is 4.39 Å². The van der Waals surface area contributed by atoms with Gasteiger partial charge in [-0.1, -0.05) is 43.8 Å². The second kappa shape index (κ2) is 9.45. The van der Waals surface area contributed by atoms with Crippen molar-refractivity contribution in [2.45, 2.75) is 49.1 Å². The lowest BCUT2D eigenvalue weighted by Gasteiger charge is -2.25. The highest BCUT2D eigenvalue weighted by Crippen LogP contribution is 2.32. The van der Waals surface area contributed by atoms with Crippen LogP contribution in [0, 0.1) is 5.82 Å². The molecule has 1 heterocycles. The van der Waals surface area contributed by atoms with Crippen molar-refractivity contribution in [3.8, 4) is 0 Å². The van der Waals surface area contributed by atoms with Crippen LogP contribution >= 0.6 is 11.8 Å². The van der Waals surface area contributed by atoms with E-state index in [2.05, 4.69) is 35.9 Å². The monoisotopic (exact) mass is 427 g/mol. The lowest BCUT2D eigenvalue weighted by atomic mass is 10.0. The van der Waals surface area contributed by atoms with Crippen molar-refractivity contribution in [1.29, 1.82) is 0 Å². The predicted octanol–water partition coefficient (Wildman–Crippen LogP) is 4.67. The largest absolute Gasteiger partial charge is 0.325 e. The summed E-state index contributed by atoms with van der Waals surface area (Å²) in [5, 5.41) is 0. The first kappa shape index (κ1) is 22.1. The molecule has 0 spiro atoms. The number of H-pyrrole nitrogens is 2. The Labute approximate surface area is 179 Å². The first-order chi connectivity index (χ1) is 14.2. The molecular weight excluding hydrogens is 401 g/mol. The van der Waals surface area contributed by atoms with Gasteiger partial charge in [0.15, 0.2) is 0 Å². The van der Waals surface area contributed by atoms with E-state index in [0.29, 0.717) is 23.1 Å². The maximum atomic E-state index is 14.8. The van der Waals surface area contributed by atoms with Crippen molar-refractivity contribution < 1.29 is 4.39 Å². The fourth-order valence-electron chi connectivity index (χ4n) is 3.17. The minimum Gasteiger partial charge on any atom is -0.310 e. The molecule has 30 heavy (non-hydrogen) atoms. The third-order valence-electron chi connectivity index (χ3n) is 5.11. The van der Waals surface area contributed by atoms with Crippen LogP contribution in [0.5, 0.6) is 0 Å². The van der Waals surface area contributed by atoms with E-state index >= 15 is 0 Å². The molecule has 0 fully saturated rings. The Balaban J connectivity index is 1.71. The molecule has 0 saturated carbocycles. The zero-order valence-electron chi connectivity index (χ0n) is 17.5. The summed E-state index contributed by atoms with van der Waals surface area (Å²) in [7, 11) is 1.86. The molecule has 1 aromatic heterocycles. The molecule has 0 saturated heterocycles. The van der Waals surface area contributed by atoms with E-state index in [1.54, 1.807) is 12.1 Å². The Morgan fingerprint density at radius 3 is 2.23 bits per heavy atom. The summed E-state index contributed by atoms with van der Waals surface area (Å²) in [6.07, 6.45) is 0. The van der Waals surface area contributed by atoms with Crippen LogP contribution in [0.1, 0.15) is 49.6 Å². The summed E-state index contributed by atoms with van der Waals surface area (Å²) in [6, 6.07) is 14.7. The van der Waals surface area contributed by atoms with E-state index in [9.17, 15) is 14.0 Å². The smallest absolute Gasteiger partial charge is 0.310 e. The van der Waals surface area contributed by atoms with Gasteiger partial charge in [-0.2, -0.15) is 0 Å². The van der Waals surface area contributed by atoms with Gasteiger partial charge in [0.25, 0.3) is 5.56 Å². The summed E-state index contributed by atoms with van der Waals surface area (Å²) >= 11 is 1.40. The molecule has 0 aliphatic carbocycles. The summed E-state index contributed by atoms with van der Waals surface area (Å²) in [5.74, 6) is 0.195. The first-order valence-electron chi connectivity index (χ1n) is 9.83. The predicted molar refractivity (Wildman–Crippen MR) is 119 cm³/mol. The number of nitrogens with zero attached hydrogens (tertiary/aromatic N) is 1. The van der Waals surface area contributed by atoms with Gasteiger partial charge in [0.1, 0.15) is 5.82 Å². The van der Waals surface area contributed by atoms with Crippen molar-refractivity contribution in [2.75, 3.05) is 7.05 Å². The van der Waals surface area contributed by atoms with E-state index in [0.717, 1.165) is 10.5 Å². The molecule has 0 bridgehead atoms. The Morgan fingerprint density at radius 1 is 0.967 bits per heavy atom. The molecule has 1 atom stereocenters. The van der Waals surface area contributed by atoms with Gasteiger partial charge >= 0.3 is 5.69 Å². The van der Waals surface area contributed by atoms with Gasteiger partial charge in [0.2, 0.25) is 0 Å². The second-order valence-electron chi connectivity index (χ2n) is 7.72. The van der Waals surface area contributed by atoms with Crippen LogP contribution in [0.25, 0.3) is 0 Å². The van der Waals surface area contributed by atoms with Crippen molar-refractivity contribution >= 4 is 11.8 Å². The number of aromatic amines is 2. The Kier molecular flexibility index (Phi) is 6.95. The van der Waals surface area contributed by atoms with E-state index < -0.39 is 11.2 Å². The van der Waals surface area contributed by atoms with Crippen molar-refractivity contribution in [3.63, 3.8) is 0 Å². The average Bonchev–Trinajstić information content (AvgIpc) is 2.68. The van der Waals surface area contributed by atoms with Crippen LogP contribution in [0.2, 0.25) is 0 Å². The average molecular weight is 428 g/mol. The fraction of sp³-hybridized carbons (Fsp3) is 0.304. The number of nitrogens with one attached hydrogen (secondary N) is 2. The van der Waals surface area contributed by atoms with Crippen LogP contribution in [-0.4, -0.2) is 21.9 Å². The van der Waals surface area contributed by atoms with Gasteiger partial charge in [0.05, 0.1) is 0 Å². The number of hydrogen-bond acceptors (Lipinski definition) is 4. The molecular formula is C23H26FN3O2S. The summed E-state index contributed by atoms with van der Waals surface area (Å²) in [5.41, 5.74) is 1.61. The highest BCUT2D eigenvalue weighted by Gasteiger charge is 2.15. The van der Waals surface area contributed by atoms with Crippen LogP contribution in [0.3, 0.4) is 0 Å². The Hall–Kier alpha value is -2.64. The molecule has 5 nitrogen and oxygen atoms in total. The molecule has 0 radical (unpaired) electrons. The maximum absolute atomic E-state index is 14.8. The highest BCUT2D eigenvalue weighted by atomic mass is 32.2. The van der Waals surface area contributed by atoms with E-state index in [1.807, 2.05) is 37.1 Å². The van der Waals surface area contributed by atoms with E-state index in [4.69, 9.17) is 0 Å². The third kappa shape index (κ3) is 5.49. The topological polar surface area (TPSA) is 69.0 Å². The fourth-order valence-corrected chi connectivity index (χ4v) is 3.99. The molecule has 2 N–H and O–H groups in total. The lowest BCUT2D eigenvalue weighted by molar-refractivity contribution is 0.249. The minimum atomic E-state index is -0.535. The number of halogens is 1. The first-order valence-corrected chi connectivity index (χ1v) is 10.6. The molecule has 0 aliphatic heterocycles. The zero-order valence-corrected chi connectivity index (χ0v) is 18.3. The zero-order chi connectivity index (χ0) is 21.8. The molecule has 1 unspecified atom stereocenters. The lowest BCUT2D eigenvalue weighted by Crippen LogP contribution is -2.28. The SMILES string of the molecule is CC(C)c1ccc(Sc2ccc(C(C)N(C)Cc3cc(=O)[nH]c(=O)[nH]3)cc2F)cc1. The molecule has 0 aliphatic rings. The molecule has 3 aromatic rings. The molecule has 0 amide bonds. The highest BCUT2D eigenvalue weighted by molar-refractivity contribution is 7.99. The summed E-state index contributed by atoms with van der Waals surface area (Å²) < 4.78 is 14.8. The number of aromatic nitrogens is 2. The van der Waals surface area contributed by atoms with Gasteiger partial charge in [-0.25, -0.2) is 9.18 Å². The maximum Gasteiger partial charge on any atom is 0.325 e. The summed E-state index contributed by atoms with van der Waals surface area (Å²) in [4.78, 5) is 31.2. The molecule has 158 valence electrons. The number of benzene rings is 2. The Morgan fingerprint density at radius 2 is 1.63 bits per heavy atom. The quantitative estimate of drug-likeness (QED) is 0.575. The molecule has 7 heteroatoms. The standard InChI is InChI=1S/C23H26FN3O2S/c1-14(2)16-5-8-19(9-6-16)30-21-10-7-17(11-20(21)24)15(3)27(4)13-18-12-22(28)26-23(29)25-18/h5-12,14-15H,13H2,1-4H3,(H2,25,26,28,29). The van der Waals surface area contributed by atoms with Gasteiger partial charge < -0.3 is 4.98 Å². The van der Waals surface area contributed by atoms with Gasteiger partial charge in [0, 0.05) is 34.1 Å². The molecule has 2 aromatic carbocycles. The van der Waals surface area contributed by atoms with Crippen LogP contribution in [-0.2, 0) is 6.54 Å². The van der Waals surface area contributed by atoms with Crippen LogP contribution in [0.15, 0.2) is 67.9 Å². The van der Waals surface area contributed by atoms with Crippen LogP contribution < -0.4 is 11.2 Å². The van der Waals surface area contributed by atoms with Gasteiger partial charge in [-0.05, 0) is 55.3 Å². The van der Waals surface area contributed by atoms with E-state index in [1.165, 1.54) is 23.4 Å². The van der Waals surface area contributed by atoms with Crippen molar-refractivity contribution in [2.24, 2.45) is 0 Å². The van der Waals surface area contributed by atoms with Crippen molar-refractivity contribution in [3.05, 3.63) is 92.0 Å². The van der Waals surface area contributed by atoms with Crippen molar-refractivity contribution in [1.82, 2.24) is 14.9 Å². The number of rotatable bonds is 7. The van der Waals surface area contributed by atoms with Gasteiger partial charge in [-0.15, -0.1) is 0 Å². The van der Waals surface area contributed by atoms with E-state index in [-0.39, 0.29) is 11.9 Å². The minimum absolute atomic E-state index is 0.105. The summed E-state index contributed by atoms with van der Waals surface area (Å²) in [6.45, 7) is 6.61.